The van der Waals surface area contributed by atoms with Crippen LogP contribution in [-0.4, -0.2) is 23.0 Å². The van der Waals surface area contributed by atoms with Crippen LogP contribution in [0.25, 0.3) is 0 Å². The van der Waals surface area contributed by atoms with Crippen LogP contribution in [0.1, 0.15) is 40.3 Å². The number of rotatable bonds is 4. The van der Waals surface area contributed by atoms with E-state index in [0.29, 0.717) is 13.0 Å². The number of fused-ring (bicyclic) bond motifs is 2. The zero-order chi connectivity index (χ0) is 17.9. The van der Waals surface area contributed by atoms with Gasteiger partial charge in [-0.25, -0.2) is 0 Å². The summed E-state index contributed by atoms with van der Waals surface area (Å²) in [6, 6.07) is 18.8. The van der Waals surface area contributed by atoms with Crippen LogP contribution in [0.15, 0.2) is 65.4 Å². The minimum absolute atomic E-state index is 0.0946. The summed E-state index contributed by atoms with van der Waals surface area (Å²) in [6.45, 7) is 0.464. The standard InChI is InChI=1S/C22H22N2O2/c1-24(15-18-12-13-26-23-18)22(25)14-21-19-8-4-2-6-16(19)10-11-17-7-3-5-9-20(17)21/h2-9,12-13,21H,10-11,14-15H2,1H3. The lowest BCUT2D eigenvalue weighted by Crippen LogP contribution is -2.28. The number of carbonyl (C=O) groups is 1. The Hall–Kier alpha value is -2.88. The molecule has 4 heteroatoms. The van der Waals surface area contributed by atoms with Crippen molar-refractivity contribution < 1.29 is 9.32 Å². The van der Waals surface area contributed by atoms with Crippen molar-refractivity contribution in [3.05, 3.63) is 88.8 Å². The molecule has 4 rings (SSSR count). The Balaban J connectivity index is 1.63. The summed E-state index contributed by atoms with van der Waals surface area (Å²) in [5, 5.41) is 3.90. The molecule has 1 aliphatic rings. The van der Waals surface area contributed by atoms with Crippen LogP contribution in [0, 0.1) is 0 Å². The van der Waals surface area contributed by atoms with Gasteiger partial charge in [-0.2, -0.15) is 0 Å². The first-order valence-corrected chi connectivity index (χ1v) is 9.01. The van der Waals surface area contributed by atoms with Crippen LogP contribution in [0.4, 0.5) is 0 Å². The summed E-state index contributed by atoms with van der Waals surface area (Å²) in [7, 11) is 1.82. The highest BCUT2D eigenvalue weighted by Gasteiger charge is 2.26. The summed E-state index contributed by atoms with van der Waals surface area (Å²) in [5.74, 6) is 0.210. The molecule has 3 aromatic rings. The minimum atomic E-state index is 0.0946. The van der Waals surface area contributed by atoms with Gasteiger partial charge in [-0.05, 0) is 35.1 Å². The van der Waals surface area contributed by atoms with Crippen molar-refractivity contribution in [3.8, 4) is 0 Å². The number of aryl methyl sites for hydroxylation is 2. The van der Waals surface area contributed by atoms with E-state index in [-0.39, 0.29) is 11.8 Å². The van der Waals surface area contributed by atoms with Crippen LogP contribution in [0.3, 0.4) is 0 Å². The monoisotopic (exact) mass is 346 g/mol. The molecule has 0 bridgehead atoms. The number of hydrogen-bond acceptors (Lipinski definition) is 3. The van der Waals surface area contributed by atoms with Gasteiger partial charge in [0.05, 0.1) is 6.54 Å². The maximum absolute atomic E-state index is 12.9. The number of benzene rings is 2. The van der Waals surface area contributed by atoms with E-state index < -0.39 is 0 Å². The van der Waals surface area contributed by atoms with E-state index in [1.807, 2.05) is 7.05 Å². The number of amides is 1. The number of carbonyl (C=O) groups excluding carboxylic acids is 1. The van der Waals surface area contributed by atoms with Gasteiger partial charge in [-0.15, -0.1) is 0 Å². The van der Waals surface area contributed by atoms with Gasteiger partial charge in [0, 0.05) is 25.5 Å². The van der Waals surface area contributed by atoms with Gasteiger partial charge < -0.3 is 9.42 Å². The van der Waals surface area contributed by atoms with Gasteiger partial charge in [0.2, 0.25) is 5.91 Å². The fourth-order valence-electron chi connectivity index (χ4n) is 3.84. The lowest BCUT2D eigenvalue weighted by molar-refractivity contribution is -0.130. The van der Waals surface area contributed by atoms with Crippen LogP contribution in [0.5, 0.6) is 0 Å². The molecule has 1 aliphatic carbocycles. The van der Waals surface area contributed by atoms with Crippen molar-refractivity contribution in [2.45, 2.75) is 31.7 Å². The third-order valence-corrected chi connectivity index (χ3v) is 5.22. The third-order valence-electron chi connectivity index (χ3n) is 5.22. The van der Waals surface area contributed by atoms with Gasteiger partial charge in [0.15, 0.2) is 0 Å². The smallest absolute Gasteiger partial charge is 0.223 e. The summed E-state index contributed by atoms with van der Waals surface area (Å²) in [5.41, 5.74) is 6.02. The van der Waals surface area contributed by atoms with Gasteiger partial charge in [0.1, 0.15) is 12.0 Å². The van der Waals surface area contributed by atoms with Crippen molar-refractivity contribution in [3.63, 3.8) is 0 Å². The number of aromatic nitrogens is 1. The van der Waals surface area contributed by atoms with Crippen molar-refractivity contribution in [1.82, 2.24) is 10.1 Å². The fraction of sp³-hybridized carbons (Fsp3) is 0.273. The Labute approximate surface area is 153 Å². The molecule has 0 saturated heterocycles. The van der Waals surface area contributed by atoms with E-state index in [0.717, 1.165) is 18.5 Å². The van der Waals surface area contributed by atoms with Crippen molar-refractivity contribution in [1.29, 1.82) is 0 Å². The molecule has 1 amide bonds. The largest absolute Gasteiger partial charge is 0.364 e. The maximum atomic E-state index is 12.9. The first kappa shape index (κ1) is 16.6. The van der Waals surface area contributed by atoms with E-state index in [9.17, 15) is 4.79 Å². The number of nitrogens with zero attached hydrogens (tertiary/aromatic N) is 2. The molecule has 1 heterocycles. The van der Waals surface area contributed by atoms with E-state index >= 15 is 0 Å². The Bertz CT molecular complexity index is 855. The second-order valence-corrected chi connectivity index (χ2v) is 6.89. The SMILES string of the molecule is CN(Cc1ccon1)C(=O)CC1c2ccccc2CCc2ccccc21. The Morgan fingerprint density at radius 2 is 1.65 bits per heavy atom. The maximum Gasteiger partial charge on any atom is 0.223 e. The molecule has 0 radical (unpaired) electrons. The van der Waals surface area contributed by atoms with Crippen molar-refractivity contribution in [2.24, 2.45) is 0 Å². The average molecular weight is 346 g/mol. The molecule has 0 saturated carbocycles. The summed E-state index contributed by atoms with van der Waals surface area (Å²) < 4.78 is 4.87. The van der Waals surface area contributed by atoms with E-state index in [2.05, 4.69) is 53.7 Å². The molecule has 0 unspecified atom stereocenters. The molecule has 1 aromatic heterocycles. The Morgan fingerprint density at radius 3 is 2.23 bits per heavy atom. The molecule has 0 fully saturated rings. The predicted octanol–water partition coefficient (Wildman–Crippen LogP) is 3.95. The topological polar surface area (TPSA) is 46.3 Å². The number of hydrogen-bond donors (Lipinski definition) is 0. The van der Waals surface area contributed by atoms with Crippen molar-refractivity contribution in [2.75, 3.05) is 7.05 Å². The molecule has 132 valence electrons. The summed E-state index contributed by atoms with van der Waals surface area (Å²) in [6.07, 6.45) is 4.03. The zero-order valence-electron chi connectivity index (χ0n) is 14.9. The molecule has 0 atom stereocenters. The third kappa shape index (κ3) is 3.27. The van der Waals surface area contributed by atoms with Crippen LogP contribution in [0.2, 0.25) is 0 Å². The second kappa shape index (κ2) is 7.16. The Morgan fingerprint density at radius 1 is 1.04 bits per heavy atom. The van der Waals surface area contributed by atoms with Crippen molar-refractivity contribution >= 4 is 5.91 Å². The lowest BCUT2D eigenvalue weighted by Gasteiger charge is -2.23. The zero-order valence-corrected chi connectivity index (χ0v) is 14.9. The average Bonchev–Trinajstić information content (AvgIpc) is 3.12. The normalized spacial score (nSPS) is 13.6. The van der Waals surface area contributed by atoms with Crippen LogP contribution >= 0.6 is 0 Å². The molecule has 0 aliphatic heterocycles. The molecule has 0 N–H and O–H groups in total. The summed E-state index contributed by atoms with van der Waals surface area (Å²) in [4.78, 5) is 14.7. The molecule has 26 heavy (non-hydrogen) atoms. The highest BCUT2D eigenvalue weighted by Crippen LogP contribution is 2.36. The first-order valence-electron chi connectivity index (χ1n) is 9.01. The molecular weight excluding hydrogens is 324 g/mol. The van der Waals surface area contributed by atoms with Crippen LogP contribution in [-0.2, 0) is 24.2 Å². The van der Waals surface area contributed by atoms with Gasteiger partial charge in [-0.1, -0.05) is 53.7 Å². The highest BCUT2D eigenvalue weighted by molar-refractivity contribution is 5.77. The minimum Gasteiger partial charge on any atom is -0.364 e. The highest BCUT2D eigenvalue weighted by atomic mass is 16.5. The molecule has 2 aromatic carbocycles. The quantitative estimate of drug-likeness (QED) is 0.718. The lowest BCUT2D eigenvalue weighted by atomic mass is 9.85. The molecule has 4 nitrogen and oxygen atoms in total. The summed E-state index contributed by atoms with van der Waals surface area (Å²) >= 11 is 0. The van der Waals surface area contributed by atoms with E-state index in [4.69, 9.17) is 4.52 Å². The molecular formula is C22H22N2O2. The van der Waals surface area contributed by atoms with E-state index in [1.165, 1.54) is 28.5 Å². The molecule has 0 spiro atoms. The van der Waals surface area contributed by atoms with Gasteiger partial charge in [0.25, 0.3) is 0 Å². The van der Waals surface area contributed by atoms with E-state index in [1.54, 1.807) is 11.0 Å². The van der Waals surface area contributed by atoms with Gasteiger partial charge >= 0.3 is 0 Å². The van der Waals surface area contributed by atoms with Gasteiger partial charge in [-0.3, -0.25) is 4.79 Å². The predicted molar refractivity (Wildman–Crippen MR) is 99.7 cm³/mol. The first-order chi connectivity index (χ1) is 12.7. The second-order valence-electron chi connectivity index (χ2n) is 6.89. The fourth-order valence-corrected chi connectivity index (χ4v) is 3.84. The Kier molecular flexibility index (Phi) is 4.57. The van der Waals surface area contributed by atoms with Crippen LogP contribution < -0.4 is 0 Å².